The second-order valence-electron chi connectivity index (χ2n) is 18.8. The van der Waals surface area contributed by atoms with E-state index < -0.39 is 173 Å². The van der Waals surface area contributed by atoms with E-state index in [0.717, 1.165) is 6.08 Å². The first kappa shape index (κ1) is 51.2. The van der Waals surface area contributed by atoms with Gasteiger partial charge in [0.1, 0.15) is 79.9 Å². The third-order valence-electron chi connectivity index (χ3n) is 14.3. The largest absolute Gasteiger partial charge is 0.460 e. The van der Waals surface area contributed by atoms with Crippen molar-refractivity contribution in [1.82, 2.24) is 0 Å². The molecule has 0 aromatic rings. The smallest absolute Gasteiger partial charge is 0.330 e. The maximum Gasteiger partial charge on any atom is 0.330 e. The average molecular weight is 941 g/mol. The lowest BCUT2D eigenvalue weighted by molar-refractivity contribution is -0.380. The van der Waals surface area contributed by atoms with Crippen LogP contribution in [0.5, 0.6) is 0 Å². The van der Waals surface area contributed by atoms with Crippen molar-refractivity contribution < 1.29 is 114 Å². The molecule has 9 unspecified atom stereocenters. The molecule has 374 valence electrons. The second-order valence-corrected chi connectivity index (χ2v) is 18.8. The Morgan fingerprint density at radius 1 is 0.523 bits per heavy atom. The molecule has 65 heavy (non-hydrogen) atoms. The molecule has 0 bridgehead atoms. The van der Waals surface area contributed by atoms with Crippen molar-refractivity contribution in [2.45, 2.75) is 205 Å². The molecular formula is C42H68O23. The number of allylic oxidation sites excluding steroid dienone is 1. The van der Waals surface area contributed by atoms with Crippen LogP contribution in [0.25, 0.3) is 0 Å². The Bertz CT molecular complexity index is 1530. The van der Waals surface area contributed by atoms with Gasteiger partial charge in [0.2, 0.25) is 0 Å². The Kier molecular flexibility index (Phi) is 17.7. The molecule has 24 atom stereocenters. The minimum absolute atomic E-state index is 0.0171. The van der Waals surface area contributed by atoms with Crippen molar-refractivity contribution in [2.24, 2.45) is 17.8 Å². The summed E-state index contributed by atoms with van der Waals surface area (Å²) in [6.45, 7) is -2.12. The van der Waals surface area contributed by atoms with Crippen molar-refractivity contribution in [3.05, 3.63) is 12.2 Å². The summed E-state index contributed by atoms with van der Waals surface area (Å²) >= 11 is 0. The fraction of sp³-hybridized carbons (Fsp3) is 0.929. The highest BCUT2D eigenvalue weighted by atomic mass is 16.8. The quantitative estimate of drug-likeness (QED) is 0.0604. The number of hydrogen-bond acceptors (Lipinski definition) is 23. The summed E-state index contributed by atoms with van der Waals surface area (Å²) in [5.41, 5.74) is 0. The van der Waals surface area contributed by atoms with Gasteiger partial charge >= 0.3 is 5.97 Å². The van der Waals surface area contributed by atoms with Gasteiger partial charge in [0.05, 0.1) is 62.0 Å². The predicted molar refractivity (Wildman–Crippen MR) is 212 cm³/mol. The summed E-state index contributed by atoms with van der Waals surface area (Å²) in [5.74, 6) is -1.87. The Morgan fingerprint density at radius 3 is 1.75 bits per heavy atom. The molecule has 7 fully saturated rings. The van der Waals surface area contributed by atoms with Crippen molar-refractivity contribution >= 4 is 5.97 Å². The van der Waals surface area contributed by atoms with E-state index in [4.69, 9.17) is 37.9 Å². The van der Waals surface area contributed by atoms with E-state index in [2.05, 4.69) is 0 Å². The first-order valence-electron chi connectivity index (χ1n) is 22.8. The highest BCUT2D eigenvalue weighted by Gasteiger charge is 2.56. The van der Waals surface area contributed by atoms with Crippen molar-refractivity contribution in [3.63, 3.8) is 0 Å². The monoisotopic (exact) mass is 940 g/mol. The zero-order chi connectivity index (χ0) is 46.9. The van der Waals surface area contributed by atoms with Crippen molar-refractivity contribution in [3.8, 4) is 0 Å². The molecule has 0 aromatic carbocycles. The molecule has 0 amide bonds. The molecule has 3 saturated carbocycles. The zero-order valence-corrected chi connectivity index (χ0v) is 35.8. The van der Waals surface area contributed by atoms with Gasteiger partial charge in [0.25, 0.3) is 0 Å². The normalized spacial score (nSPS) is 51.0. The molecule has 14 N–H and O–H groups in total. The third-order valence-corrected chi connectivity index (χ3v) is 14.3. The van der Waals surface area contributed by atoms with Gasteiger partial charge in [0.15, 0.2) is 18.9 Å². The van der Waals surface area contributed by atoms with Crippen molar-refractivity contribution in [2.75, 3.05) is 19.8 Å². The minimum atomic E-state index is -1.97. The van der Waals surface area contributed by atoms with Gasteiger partial charge in [-0.2, -0.15) is 0 Å². The number of carbonyl (C=O) groups excluding carboxylic acids is 1. The summed E-state index contributed by atoms with van der Waals surface area (Å²) in [6, 6.07) is 0. The number of fused-ring (bicyclic) bond motifs is 1. The van der Waals surface area contributed by atoms with E-state index in [-0.39, 0.29) is 37.5 Å². The van der Waals surface area contributed by atoms with Crippen LogP contribution in [0, 0.1) is 17.8 Å². The van der Waals surface area contributed by atoms with Crippen LogP contribution in [0.2, 0.25) is 0 Å². The van der Waals surface area contributed by atoms with Crippen LogP contribution in [-0.4, -0.2) is 238 Å². The van der Waals surface area contributed by atoms with Gasteiger partial charge in [0, 0.05) is 18.4 Å². The van der Waals surface area contributed by atoms with Gasteiger partial charge in [-0.1, -0.05) is 6.08 Å². The van der Waals surface area contributed by atoms with Crippen LogP contribution < -0.4 is 0 Å². The molecule has 23 heteroatoms. The number of ether oxygens (including phenoxy) is 8. The van der Waals surface area contributed by atoms with Gasteiger partial charge < -0.3 is 109 Å². The Labute approximate surface area is 374 Å². The second kappa shape index (κ2) is 22.4. The lowest BCUT2D eigenvalue weighted by Gasteiger charge is -2.52. The SMILES string of the molecule is O=C(C=CC1CCC(O)C(O)C1)OC[C@H]1O[C@@H](O[C@H]2[C@H](OC3CC4C(CC(O)CC4O[C@@H]4O[C@H](CO)[C@@H](O)[C@H](O)[C@H]4O)OC3C3CCC(O)CC3)O[C@H](CO)[C@@H](O)[C@@H]2O)[C@H](O)[C@@H](O)[C@@H]1O. The van der Waals surface area contributed by atoms with Crippen LogP contribution >= 0.6 is 0 Å². The number of aliphatic hydroxyl groups excluding tert-OH is 14. The lowest BCUT2D eigenvalue weighted by Crippen LogP contribution is -2.66. The van der Waals surface area contributed by atoms with Gasteiger partial charge in [-0.15, -0.1) is 0 Å². The maximum absolute atomic E-state index is 12.6. The van der Waals surface area contributed by atoms with Crippen LogP contribution in [-0.2, 0) is 42.7 Å². The molecule has 23 nitrogen and oxygen atoms in total. The molecule has 0 aromatic heterocycles. The van der Waals surface area contributed by atoms with Crippen LogP contribution in [0.15, 0.2) is 12.2 Å². The fourth-order valence-electron chi connectivity index (χ4n) is 10.4. The summed E-state index contributed by atoms with van der Waals surface area (Å²) in [6.07, 6.45) is -26.0. The topological polar surface area (TPSA) is 374 Å². The summed E-state index contributed by atoms with van der Waals surface area (Å²) in [4.78, 5) is 12.6. The summed E-state index contributed by atoms with van der Waals surface area (Å²) in [5, 5.41) is 148. The van der Waals surface area contributed by atoms with Crippen LogP contribution in [0.4, 0.5) is 0 Å². The molecule has 3 aliphatic carbocycles. The summed E-state index contributed by atoms with van der Waals surface area (Å²) < 4.78 is 48.3. The van der Waals surface area contributed by atoms with Crippen LogP contribution in [0.3, 0.4) is 0 Å². The number of hydrogen-bond donors (Lipinski definition) is 14. The predicted octanol–water partition coefficient (Wildman–Crippen LogP) is -5.71. The molecule has 7 aliphatic rings. The molecule has 4 aliphatic heterocycles. The Morgan fingerprint density at radius 2 is 1.11 bits per heavy atom. The number of esters is 1. The molecule has 4 saturated heterocycles. The number of rotatable bonds is 13. The van der Waals surface area contributed by atoms with E-state index in [1.54, 1.807) is 0 Å². The number of aliphatic hydroxyl groups is 14. The maximum atomic E-state index is 12.6. The first-order chi connectivity index (χ1) is 31.0. The average Bonchev–Trinajstić information content (AvgIpc) is 3.29. The third kappa shape index (κ3) is 11.7. The molecule has 7 rings (SSSR count). The minimum Gasteiger partial charge on any atom is -0.460 e. The number of carbonyl (C=O) groups is 1. The van der Waals surface area contributed by atoms with E-state index in [1.165, 1.54) is 6.08 Å². The van der Waals surface area contributed by atoms with Gasteiger partial charge in [-0.3, -0.25) is 0 Å². The lowest BCUT2D eigenvalue weighted by atomic mass is 9.73. The summed E-state index contributed by atoms with van der Waals surface area (Å²) in [7, 11) is 0. The Hall–Kier alpha value is -1.63. The van der Waals surface area contributed by atoms with Gasteiger partial charge in [-0.25, -0.2) is 4.79 Å². The molecule has 0 radical (unpaired) electrons. The van der Waals surface area contributed by atoms with Crippen molar-refractivity contribution in [1.29, 1.82) is 0 Å². The first-order valence-corrected chi connectivity index (χ1v) is 22.8. The molecule has 4 heterocycles. The molecule has 0 spiro atoms. The zero-order valence-electron chi connectivity index (χ0n) is 35.8. The highest BCUT2D eigenvalue weighted by Crippen LogP contribution is 2.45. The fourth-order valence-corrected chi connectivity index (χ4v) is 10.4. The molecular weight excluding hydrogens is 872 g/mol. The standard InChI is InChI=1S/C42H68O23/c43-13-26-30(50)33(53)36(56)40(62-26)60-24-11-19(46)10-23-20(24)12-25(38(59-23)17-3-5-18(45)6-4-17)61-42-39(35(55)31(51)27(14-44)63-42)65-41-37(57)34(54)32(52)28(64-41)15-58-29(49)8-2-16-1-7-21(47)22(48)9-16/h2,8,16-28,30-48,50-57H,1,3-7,9-15H2/t16?,17?,18?,19?,20?,21?,22?,23?,24?,25?,26-,27-,28-,30-,31-,32-,33+,34+,35+,36-,37-,38?,39-,40-,41+,42-/m1/s1. The van der Waals surface area contributed by atoms with Gasteiger partial charge in [-0.05, 0) is 69.6 Å². The van der Waals surface area contributed by atoms with E-state index in [1.807, 2.05) is 0 Å². The van der Waals surface area contributed by atoms with Crippen LogP contribution in [0.1, 0.15) is 64.2 Å². The Balaban J connectivity index is 1.09. The van der Waals surface area contributed by atoms with E-state index in [9.17, 15) is 76.3 Å². The van der Waals surface area contributed by atoms with E-state index in [0.29, 0.717) is 38.5 Å². The van der Waals surface area contributed by atoms with E-state index >= 15 is 0 Å². The highest BCUT2D eigenvalue weighted by molar-refractivity contribution is 5.81.